The molecule has 0 unspecified atom stereocenters. The lowest BCUT2D eigenvalue weighted by molar-refractivity contribution is 0.630. The average Bonchev–Trinajstić information content (AvgIpc) is 2.41. The first-order valence-electron chi connectivity index (χ1n) is 3.00. The molecule has 0 aliphatic heterocycles. The van der Waals surface area contributed by atoms with Crippen molar-refractivity contribution in [2.45, 2.75) is 6.92 Å². The largest absolute Gasteiger partial charge is 0.355 e. The van der Waals surface area contributed by atoms with Crippen LogP contribution in [-0.2, 0) is 0 Å². The number of hydrogen-bond donors (Lipinski definition) is 1. The van der Waals surface area contributed by atoms with Crippen LogP contribution in [0, 0.1) is 12.7 Å². The van der Waals surface area contributed by atoms with Crippen molar-refractivity contribution in [3.05, 3.63) is 23.0 Å². The molecule has 0 atom stereocenters. The maximum absolute atomic E-state index is 13.0. The summed E-state index contributed by atoms with van der Waals surface area (Å²) in [5.74, 6) is -0.106. The molecule has 0 amide bonds. The Morgan fingerprint density at radius 1 is 1.60 bits per heavy atom. The highest BCUT2D eigenvalue weighted by Crippen LogP contribution is 2.24. The van der Waals surface area contributed by atoms with E-state index in [2.05, 4.69) is 4.98 Å². The SMILES string of the molecule is Cc1[nH]c2ccsc2c1F. The summed E-state index contributed by atoms with van der Waals surface area (Å²) in [4.78, 5) is 2.94. The van der Waals surface area contributed by atoms with Crippen LogP contribution < -0.4 is 0 Å². The fraction of sp³-hybridized carbons (Fsp3) is 0.143. The van der Waals surface area contributed by atoms with E-state index in [0.717, 1.165) is 10.2 Å². The predicted octanol–water partition coefficient (Wildman–Crippen LogP) is 2.68. The molecule has 0 saturated carbocycles. The monoisotopic (exact) mass is 155 g/mol. The summed E-state index contributed by atoms with van der Waals surface area (Å²) >= 11 is 1.43. The van der Waals surface area contributed by atoms with E-state index in [4.69, 9.17) is 0 Å². The van der Waals surface area contributed by atoms with Crippen molar-refractivity contribution in [1.82, 2.24) is 4.98 Å². The third-order valence-electron chi connectivity index (χ3n) is 1.52. The molecule has 0 saturated heterocycles. The molecule has 2 aromatic heterocycles. The van der Waals surface area contributed by atoms with E-state index in [-0.39, 0.29) is 5.82 Å². The number of halogens is 1. The van der Waals surface area contributed by atoms with E-state index in [1.165, 1.54) is 11.3 Å². The zero-order valence-corrected chi connectivity index (χ0v) is 6.26. The number of rotatable bonds is 0. The fourth-order valence-electron chi connectivity index (χ4n) is 1.00. The average molecular weight is 155 g/mol. The number of H-pyrrole nitrogens is 1. The van der Waals surface area contributed by atoms with Crippen molar-refractivity contribution in [2.24, 2.45) is 0 Å². The normalized spacial score (nSPS) is 11.0. The number of aromatic nitrogens is 1. The van der Waals surface area contributed by atoms with Gasteiger partial charge >= 0.3 is 0 Å². The second kappa shape index (κ2) is 1.83. The van der Waals surface area contributed by atoms with Gasteiger partial charge in [-0.1, -0.05) is 0 Å². The van der Waals surface area contributed by atoms with Crippen LogP contribution >= 0.6 is 11.3 Å². The minimum atomic E-state index is -0.106. The number of aromatic amines is 1. The molecule has 1 N–H and O–H groups in total. The lowest BCUT2D eigenvalue weighted by Gasteiger charge is -1.79. The van der Waals surface area contributed by atoms with E-state index in [1.807, 2.05) is 11.4 Å². The molecule has 0 bridgehead atoms. The van der Waals surface area contributed by atoms with Gasteiger partial charge in [0.25, 0.3) is 0 Å². The maximum Gasteiger partial charge on any atom is 0.161 e. The Labute approximate surface area is 61.5 Å². The van der Waals surface area contributed by atoms with Gasteiger partial charge < -0.3 is 4.98 Å². The van der Waals surface area contributed by atoms with Crippen LogP contribution in [0.2, 0.25) is 0 Å². The summed E-state index contributed by atoms with van der Waals surface area (Å²) in [5, 5.41) is 1.88. The molecular weight excluding hydrogens is 149 g/mol. The first-order chi connectivity index (χ1) is 4.79. The summed E-state index contributed by atoms with van der Waals surface area (Å²) in [6.45, 7) is 1.74. The maximum atomic E-state index is 13.0. The molecule has 0 spiro atoms. The molecule has 0 aliphatic rings. The lowest BCUT2D eigenvalue weighted by Crippen LogP contribution is -1.71. The molecule has 0 fully saturated rings. The Bertz CT molecular complexity index is 360. The van der Waals surface area contributed by atoms with Crippen LogP contribution in [-0.4, -0.2) is 4.98 Å². The van der Waals surface area contributed by atoms with Gasteiger partial charge in [0, 0.05) is 5.69 Å². The lowest BCUT2D eigenvalue weighted by atomic mass is 10.4. The van der Waals surface area contributed by atoms with Crippen molar-refractivity contribution in [3.8, 4) is 0 Å². The van der Waals surface area contributed by atoms with Gasteiger partial charge in [-0.3, -0.25) is 0 Å². The molecule has 2 heterocycles. The first-order valence-corrected chi connectivity index (χ1v) is 3.88. The van der Waals surface area contributed by atoms with Crippen molar-refractivity contribution in [3.63, 3.8) is 0 Å². The Morgan fingerprint density at radius 3 is 3.10 bits per heavy atom. The highest BCUT2D eigenvalue weighted by molar-refractivity contribution is 7.17. The molecule has 0 radical (unpaired) electrons. The molecule has 1 nitrogen and oxygen atoms in total. The van der Waals surface area contributed by atoms with Gasteiger partial charge in [0.1, 0.15) is 0 Å². The van der Waals surface area contributed by atoms with E-state index in [0.29, 0.717) is 5.69 Å². The first kappa shape index (κ1) is 5.92. The quantitative estimate of drug-likeness (QED) is 0.602. The number of fused-ring (bicyclic) bond motifs is 1. The van der Waals surface area contributed by atoms with Gasteiger partial charge in [0.2, 0.25) is 0 Å². The molecule has 0 aliphatic carbocycles. The molecule has 3 heteroatoms. The second-order valence-corrected chi connectivity index (χ2v) is 3.14. The van der Waals surface area contributed by atoms with Gasteiger partial charge in [-0.2, -0.15) is 0 Å². The Kier molecular flexibility index (Phi) is 1.08. The smallest absolute Gasteiger partial charge is 0.161 e. The van der Waals surface area contributed by atoms with Crippen molar-refractivity contribution < 1.29 is 4.39 Å². The van der Waals surface area contributed by atoms with Crippen LogP contribution in [0.25, 0.3) is 10.2 Å². The molecule has 52 valence electrons. The van der Waals surface area contributed by atoms with Crippen LogP contribution in [0.3, 0.4) is 0 Å². The number of thiophene rings is 1. The van der Waals surface area contributed by atoms with Crippen LogP contribution in [0.5, 0.6) is 0 Å². The second-order valence-electron chi connectivity index (χ2n) is 2.23. The Balaban J connectivity index is 2.95. The van der Waals surface area contributed by atoms with Crippen LogP contribution in [0.15, 0.2) is 11.4 Å². The standard InChI is InChI=1S/C7H6FNS/c1-4-6(8)7-5(9-4)2-3-10-7/h2-3,9H,1H3. The number of hydrogen-bond acceptors (Lipinski definition) is 1. The van der Waals surface area contributed by atoms with Crippen molar-refractivity contribution >= 4 is 21.6 Å². The van der Waals surface area contributed by atoms with Gasteiger partial charge in [-0.15, -0.1) is 11.3 Å². The van der Waals surface area contributed by atoms with Gasteiger partial charge in [-0.05, 0) is 18.4 Å². The van der Waals surface area contributed by atoms with E-state index >= 15 is 0 Å². The molecule has 2 rings (SSSR count). The van der Waals surface area contributed by atoms with E-state index < -0.39 is 0 Å². The summed E-state index contributed by atoms with van der Waals surface area (Å²) in [5.41, 5.74) is 1.53. The molecule has 0 aromatic carbocycles. The minimum absolute atomic E-state index is 0.106. The highest BCUT2D eigenvalue weighted by Gasteiger charge is 2.06. The zero-order valence-electron chi connectivity index (χ0n) is 5.44. The van der Waals surface area contributed by atoms with Crippen molar-refractivity contribution in [1.29, 1.82) is 0 Å². The predicted molar refractivity (Wildman–Crippen MR) is 40.9 cm³/mol. The van der Waals surface area contributed by atoms with Crippen molar-refractivity contribution in [2.75, 3.05) is 0 Å². The van der Waals surface area contributed by atoms with Crippen LogP contribution in [0.4, 0.5) is 4.39 Å². The molecule has 10 heavy (non-hydrogen) atoms. The Hall–Kier alpha value is -0.830. The third kappa shape index (κ3) is 0.609. The highest BCUT2D eigenvalue weighted by atomic mass is 32.1. The summed E-state index contributed by atoms with van der Waals surface area (Å²) in [6, 6.07) is 1.88. The fourth-order valence-corrected chi connectivity index (χ4v) is 1.85. The summed E-state index contributed by atoms with van der Waals surface area (Å²) in [6.07, 6.45) is 0. The number of nitrogens with one attached hydrogen (secondary N) is 1. The van der Waals surface area contributed by atoms with E-state index in [1.54, 1.807) is 6.92 Å². The topological polar surface area (TPSA) is 15.8 Å². The Morgan fingerprint density at radius 2 is 2.40 bits per heavy atom. The number of aryl methyl sites for hydroxylation is 1. The van der Waals surface area contributed by atoms with Gasteiger partial charge in [0.15, 0.2) is 5.82 Å². The minimum Gasteiger partial charge on any atom is -0.355 e. The summed E-state index contributed by atoms with van der Waals surface area (Å²) < 4.78 is 13.7. The van der Waals surface area contributed by atoms with E-state index in [9.17, 15) is 4.39 Å². The van der Waals surface area contributed by atoms with Gasteiger partial charge in [-0.25, -0.2) is 4.39 Å². The molecule has 2 aromatic rings. The zero-order chi connectivity index (χ0) is 7.14. The van der Waals surface area contributed by atoms with Crippen LogP contribution in [0.1, 0.15) is 5.69 Å². The molecular formula is C7H6FNS. The summed E-state index contributed by atoms with van der Waals surface area (Å²) in [7, 11) is 0. The van der Waals surface area contributed by atoms with Gasteiger partial charge in [0.05, 0.1) is 10.2 Å². The third-order valence-corrected chi connectivity index (χ3v) is 2.42.